The number of amides is 1. The van der Waals surface area contributed by atoms with Crippen LogP contribution in [0.2, 0.25) is 5.02 Å². The normalized spacial score (nSPS) is 19.4. The van der Waals surface area contributed by atoms with E-state index < -0.39 is 11.9 Å². The average Bonchev–Trinajstić information content (AvgIpc) is 2.25. The summed E-state index contributed by atoms with van der Waals surface area (Å²) >= 11 is 5.73. The number of carboxylic acids is 1. The minimum absolute atomic E-state index is 0.288. The molecule has 0 aromatic heterocycles. The monoisotopic (exact) mass is 239 g/mol. The van der Waals surface area contributed by atoms with E-state index in [2.05, 4.69) is 0 Å². The van der Waals surface area contributed by atoms with Crippen LogP contribution in [0, 0.1) is 5.92 Å². The van der Waals surface area contributed by atoms with Crippen LogP contribution in [0.3, 0.4) is 0 Å². The standard InChI is InChI=1S/C11H10ClNO3/c12-8-3-1-7(2-4-8)5-13-6-9(10(13)14)11(15)16/h1-4,9H,5-6H2,(H,15,16). The molecule has 4 nitrogen and oxygen atoms in total. The topological polar surface area (TPSA) is 57.6 Å². The van der Waals surface area contributed by atoms with Crippen molar-refractivity contribution < 1.29 is 14.7 Å². The van der Waals surface area contributed by atoms with Crippen molar-refractivity contribution in [3.8, 4) is 0 Å². The molecule has 1 atom stereocenters. The van der Waals surface area contributed by atoms with Gasteiger partial charge in [0.15, 0.2) is 5.92 Å². The van der Waals surface area contributed by atoms with Crippen molar-refractivity contribution in [3.63, 3.8) is 0 Å². The number of hydrogen-bond acceptors (Lipinski definition) is 2. The molecule has 1 aliphatic rings. The SMILES string of the molecule is O=C(O)C1CN(Cc2ccc(Cl)cc2)C1=O. The van der Waals surface area contributed by atoms with Crippen molar-refractivity contribution in [1.82, 2.24) is 4.90 Å². The molecule has 0 spiro atoms. The number of carboxylic acid groups (broad SMARTS) is 1. The molecule has 2 rings (SSSR count). The van der Waals surface area contributed by atoms with E-state index in [9.17, 15) is 9.59 Å². The van der Waals surface area contributed by atoms with Crippen molar-refractivity contribution in [2.24, 2.45) is 5.92 Å². The Morgan fingerprint density at radius 2 is 2.06 bits per heavy atom. The summed E-state index contributed by atoms with van der Waals surface area (Å²) in [5.74, 6) is -2.22. The summed E-state index contributed by atoms with van der Waals surface area (Å²) in [6, 6.07) is 7.14. The van der Waals surface area contributed by atoms with E-state index in [0.717, 1.165) is 5.56 Å². The summed E-state index contributed by atoms with van der Waals surface area (Å²) in [5, 5.41) is 9.30. The van der Waals surface area contributed by atoms with E-state index in [-0.39, 0.29) is 12.5 Å². The van der Waals surface area contributed by atoms with Gasteiger partial charge >= 0.3 is 5.97 Å². The number of nitrogens with zero attached hydrogens (tertiary/aromatic N) is 1. The lowest BCUT2D eigenvalue weighted by Gasteiger charge is -2.36. The average molecular weight is 240 g/mol. The van der Waals surface area contributed by atoms with Crippen molar-refractivity contribution >= 4 is 23.5 Å². The van der Waals surface area contributed by atoms with Gasteiger partial charge in [0.05, 0.1) is 0 Å². The van der Waals surface area contributed by atoms with E-state index >= 15 is 0 Å². The fraction of sp³-hybridized carbons (Fsp3) is 0.273. The van der Waals surface area contributed by atoms with E-state index in [1.54, 1.807) is 12.1 Å². The van der Waals surface area contributed by atoms with E-state index in [1.807, 2.05) is 12.1 Å². The molecule has 1 aliphatic heterocycles. The molecule has 0 saturated carbocycles. The lowest BCUT2D eigenvalue weighted by atomic mass is 9.98. The first-order valence-corrected chi connectivity index (χ1v) is 5.22. The fourth-order valence-corrected chi connectivity index (χ4v) is 1.76. The number of carbonyl (C=O) groups is 2. The van der Waals surface area contributed by atoms with Gasteiger partial charge in [-0.05, 0) is 17.7 Å². The first-order valence-electron chi connectivity index (χ1n) is 4.84. The van der Waals surface area contributed by atoms with Crippen LogP contribution in [0.4, 0.5) is 0 Å². The van der Waals surface area contributed by atoms with Gasteiger partial charge in [-0.2, -0.15) is 0 Å². The van der Waals surface area contributed by atoms with Gasteiger partial charge in [0.2, 0.25) is 5.91 Å². The van der Waals surface area contributed by atoms with Crippen LogP contribution < -0.4 is 0 Å². The Morgan fingerprint density at radius 1 is 1.44 bits per heavy atom. The van der Waals surface area contributed by atoms with Crippen LogP contribution in [0.5, 0.6) is 0 Å². The summed E-state index contributed by atoms with van der Waals surface area (Å²) in [6.45, 7) is 0.733. The highest BCUT2D eigenvalue weighted by Gasteiger charge is 2.41. The minimum Gasteiger partial charge on any atom is -0.481 e. The Kier molecular flexibility index (Phi) is 2.83. The summed E-state index contributed by atoms with van der Waals surface area (Å²) < 4.78 is 0. The largest absolute Gasteiger partial charge is 0.481 e. The second-order valence-corrected chi connectivity index (χ2v) is 4.17. The third-order valence-corrected chi connectivity index (χ3v) is 2.85. The van der Waals surface area contributed by atoms with Gasteiger partial charge in [-0.3, -0.25) is 9.59 Å². The molecule has 0 bridgehead atoms. The molecule has 1 aromatic rings. The molecule has 5 heteroatoms. The zero-order chi connectivity index (χ0) is 11.7. The number of rotatable bonds is 3. The number of likely N-dealkylation sites (tertiary alicyclic amines) is 1. The number of carbonyl (C=O) groups excluding carboxylic acids is 1. The fourth-order valence-electron chi connectivity index (χ4n) is 1.63. The van der Waals surface area contributed by atoms with Crippen LogP contribution in [-0.2, 0) is 16.1 Å². The van der Waals surface area contributed by atoms with Gasteiger partial charge in [0.1, 0.15) is 0 Å². The Hall–Kier alpha value is -1.55. The van der Waals surface area contributed by atoms with Crippen molar-refractivity contribution in [3.05, 3.63) is 34.9 Å². The molecule has 16 heavy (non-hydrogen) atoms. The van der Waals surface area contributed by atoms with Crippen LogP contribution in [0.25, 0.3) is 0 Å². The third kappa shape index (κ3) is 2.02. The zero-order valence-electron chi connectivity index (χ0n) is 8.39. The maximum absolute atomic E-state index is 11.4. The summed E-state index contributed by atoms with van der Waals surface area (Å²) in [4.78, 5) is 23.5. The second kappa shape index (κ2) is 4.14. The minimum atomic E-state index is -1.04. The van der Waals surface area contributed by atoms with Crippen molar-refractivity contribution in [1.29, 1.82) is 0 Å². The molecule has 0 aliphatic carbocycles. The van der Waals surface area contributed by atoms with Gasteiger partial charge in [0.25, 0.3) is 0 Å². The molecular formula is C11H10ClNO3. The molecule has 1 aromatic carbocycles. The van der Waals surface area contributed by atoms with E-state index in [0.29, 0.717) is 11.6 Å². The first kappa shape index (κ1) is 11.0. The van der Waals surface area contributed by atoms with Crippen LogP contribution >= 0.6 is 11.6 Å². The van der Waals surface area contributed by atoms with Gasteiger partial charge in [-0.15, -0.1) is 0 Å². The Morgan fingerprint density at radius 3 is 2.56 bits per heavy atom. The molecular weight excluding hydrogens is 230 g/mol. The molecule has 84 valence electrons. The van der Waals surface area contributed by atoms with Crippen LogP contribution in [0.1, 0.15) is 5.56 Å². The highest BCUT2D eigenvalue weighted by atomic mass is 35.5. The Bertz CT molecular complexity index is 429. The highest BCUT2D eigenvalue weighted by molar-refractivity contribution is 6.30. The summed E-state index contributed by atoms with van der Waals surface area (Å²) in [5.41, 5.74) is 0.946. The first-order chi connectivity index (χ1) is 7.58. The lowest BCUT2D eigenvalue weighted by Crippen LogP contribution is -2.54. The maximum atomic E-state index is 11.4. The summed E-state index contributed by atoms with van der Waals surface area (Å²) in [7, 11) is 0. The highest BCUT2D eigenvalue weighted by Crippen LogP contribution is 2.21. The second-order valence-electron chi connectivity index (χ2n) is 3.74. The van der Waals surface area contributed by atoms with E-state index in [4.69, 9.17) is 16.7 Å². The Balaban J connectivity index is 1.96. The molecule has 1 heterocycles. The van der Waals surface area contributed by atoms with Crippen LogP contribution in [0.15, 0.2) is 24.3 Å². The molecule has 1 amide bonds. The van der Waals surface area contributed by atoms with Crippen molar-refractivity contribution in [2.45, 2.75) is 6.54 Å². The smallest absolute Gasteiger partial charge is 0.317 e. The van der Waals surface area contributed by atoms with Gasteiger partial charge in [-0.25, -0.2) is 0 Å². The zero-order valence-corrected chi connectivity index (χ0v) is 9.15. The summed E-state index contributed by atoms with van der Waals surface area (Å²) in [6.07, 6.45) is 0. The molecule has 1 unspecified atom stereocenters. The molecule has 0 radical (unpaired) electrons. The van der Waals surface area contributed by atoms with Crippen LogP contribution in [-0.4, -0.2) is 28.4 Å². The maximum Gasteiger partial charge on any atom is 0.317 e. The van der Waals surface area contributed by atoms with Gasteiger partial charge in [0, 0.05) is 18.1 Å². The number of hydrogen-bond donors (Lipinski definition) is 1. The number of halogens is 1. The molecule has 1 fully saturated rings. The Labute approximate surface area is 97.4 Å². The number of aliphatic carboxylic acids is 1. The third-order valence-electron chi connectivity index (χ3n) is 2.60. The predicted molar refractivity (Wildman–Crippen MR) is 58.0 cm³/mol. The van der Waals surface area contributed by atoms with Crippen molar-refractivity contribution in [2.75, 3.05) is 6.54 Å². The van der Waals surface area contributed by atoms with E-state index in [1.165, 1.54) is 4.90 Å². The van der Waals surface area contributed by atoms with Gasteiger partial charge < -0.3 is 10.0 Å². The number of benzene rings is 1. The number of β-lactam (4-membered cyclic amide) rings is 1. The molecule has 1 N–H and O–H groups in total. The quantitative estimate of drug-likeness (QED) is 0.641. The van der Waals surface area contributed by atoms with Gasteiger partial charge in [-0.1, -0.05) is 23.7 Å². The predicted octanol–water partition coefficient (Wildman–Crippen LogP) is 1.38. The molecule has 1 saturated heterocycles. The lowest BCUT2D eigenvalue weighted by molar-refractivity contribution is -0.162.